The van der Waals surface area contributed by atoms with Crippen LogP contribution in [0.15, 0.2) is 146 Å². The predicted octanol–water partition coefficient (Wildman–Crippen LogP) is 8.72. The molecule has 0 aliphatic rings. The lowest BCUT2D eigenvalue weighted by Gasteiger charge is -2.36. The van der Waals surface area contributed by atoms with Crippen molar-refractivity contribution in [2.75, 3.05) is 0 Å². The number of carbonyl (C=O) groups is 1. The number of benzene rings is 5. The zero-order valence-electron chi connectivity index (χ0n) is 24.4. The molecule has 0 aliphatic carbocycles. The Kier molecular flexibility index (Phi) is 9.01. The number of rotatable bonds is 11. The summed E-state index contributed by atoms with van der Waals surface area (Å²) in [6.07, 6.45) is -3.91. The molecule has 0 aliphatic heterocycles. The summed E-state index contributed by atoms with van der Waals surface area (Å²) in [5, 5.41) is 5.10. The molecule has 1 unspecified atom stereocenters. The summed E-state index contributed by atoms with van der Waals surface area (Å²) >= 11 is 1.77. The van der Waals surface area contributed by atoms with E-state index in [2.05, 4.69) is 95.7 Å². The van der Waals surface area contributed by atoms with E-state index in [1.807, 2.05) is 30.3 Å². The van der Waals surface area contributed by atoms with Crippen molar-refractivity contribution in [2.45, 2.75) is 31.2 Å². The van der Waals surface area contributed by atoms with Crippen LogP contribution in [0.1, 0.15) is 34.0 Å². The molecule has 5 aromatic carbocycles. The fraction of sp³-hybridized carbons (Fsp3) is 0.132. The second kappa shape index (κ2) is 13.3. The number of hydrogen-bond acceptors (Lipinski definition) is 3. The van der Waals surface area contributed by atoms with Gasteiger partial charge in [0, 0.05) is 21.6 Å². The maximum absolute atomic E-state index is 13.5. The average molecular weight is 637 g/mol. The van der Waals surface area contributed by atoms with Crippen LogP contribution >= 0.6 is 11.3 Å². The van der Waals surface area contributed by atoms with E-state index in [9.17, 15) is 18.0 Å². The van der Waals surface area contributed by atoms with E-state index in [-0.39, 0.29) is 23.9 Å². The average Bonchev–Trinajstić information content (AvgIpc) is 3.50. The van der Waals surface area contributed by atoms with Crippen molar-refractivity contribution in [3.8, 4) is 5.75 Å². The van der Waals surface area contributed by atoms with Gasteiger partial charge in [0.15, 0.2) is 5.78 Å². The van der Waals surface area contributed by atoms with E-state index in [0.29, 0.717) is 12.0 Å². The number of ether oxygens (including phenoxy) is 1. The lowest BCUT2D eigenvalue weighted by molar-refractivity contribution is -0.274. The van der Waals surface area contributed by atoms with Gasteiger partial charge in [-0.3, -0.25) is 4.79 Å². The number of ketones is 1. The minimum absolute atomic E-state index is 0.0615. The highest BCUT2D eigenvalue weighted by Gasteiger charge is 2.42. The molecule has 1 aromatic heterocycles. The molecule has 0 N–H and O–H groups in total. The minimum atomic E-state index is -4.78. The molecule has 6 rings (SSSR count). The van der Waals surface area contributed by atoms with Gasteiger partial charge in [0.2, 0.25) is 0 Å². The minimum Gasteiger partial charge on any atom is -0.406 e. The van der Waals surface area contributed by atoms with Gasteiger partial charge in [-0.25, -0.2) is 0 Å². The van der Waals surface area contributed by atoms with Crippen LogP contribution in [0.4, 0.5) is 13.2 Å². The van der Waals surface area contributed by atoms with E-state index in [4.69, 9.17) is 0 Å². The van der Waals surface area contributed by atoms with Gasteiger partial charge < -0.3 is 4.74 Å². The molecule has 0 spiro atoms. The highest BCUT2D eigenvalue weighted by Crippen LogP contribution is 2.38. The number of hydrogen-bond donors (Lipinski definition) is 0. The van der Waals surface area contributed by atoms with E-state index < -0.39 is 14.4 Å². The molecule has 0 radical (unpaired) electrons. The number of halogens is 3. The summed E-state index contributed by atoms with van der Waals surface area (Å²) < 4.78 is 43.2. The van der Waals surface area contributed by atoms with Crippen molar-refractivity contribution in [1.82, 2.24) is 0 Å². The lowest BCUT2D eigenvalue weighted by atomic mass is 9.98. The molecule has 0 fully saturated rings. The molecule has 6 aromatic rings. The monoisotopic (exact) mass is 636 g/mol. The van der Waals surface area contributed by atoms with Gasteiger partial charge in [-0.05, 0) is 75.7 Å². The first kappa shape index (κ1) is 30.6. The SMILES string of the molecule is O=C(CCC(C[Si](c1ccccc1)(c1ccccc1)c1ccccc1)c1cc2ccccc2s1)c1ccc(OC(F)(F)F)cc1. The molecule has 2 nitrogen and oxygen atoms in total. The Morgan fingerprint density at radius 2 is 1.20 bits per heavy atom. The Morgan fingerprint density at radius 3 is 1.71 bits per heavy atom. The van der Waals surface area contributed by atoms with E-state index >= 15 is 0 Å². The van der Waals surface area contributed by atoms with Crippen LogP contribution in [0.2, 0.25) is 6.04 Å². The molecule has 1 heterocycles. The summed E-state index contributed by atoms with van der Waals surface area (Å²) in [4.78, 5) is 14.7. The molecule has 45 heavy (non-hydrogen) atoms. The topological polar surface area (TPSA) is 26.3 Å². The van der Waals surface area contributed by atoms with Gasteiger partial charge >= 0.3 is 6.36 Å². The van der Waals surface area contributed by atoms with E-state index in [0.717, 1.165) is 6.04 Å². The molecule has 0 amide bonds. The van der Waals surface area contributed by atoms with Crippen molar-refractivity contribution >= 4 is 50.8 Å². The second-order valence-electron chi connectivity index (χ2n) is 11.1. The molecule has 226 valence electrons. The summed E-state index contributed by atoms with van der Waals surface area (Å²) in [6.45, 7) is 0. The Balaban J connectivity index is 1.41. The molecule has 1 atom stereocenters. The summed E-state index contributed by atoms with van der Waals surface area (Å²) in [5.41, 5.74) is 0.373. The van der Waals surface area contributed by atoms with Gasteiger partial charge in [-0.2, -0.15) is 0 Å². The fourth-order valence-electron chi connectivity index (χ4n) is 6.23. The fourth-order valence-corrected chi connectivity index (χ4v) is 12.7. The van der Waals surface area contributed by atoms with E-state index in [1.54, 1.807) is 11.3 Å². The lowest BCUT2D eigenvalue weighted by Crippen LogP contribution is -2.67. The third kappa shape index (κ3) is 6.95. The predicted molar refractivity (Wildman–Crippen MR) is 180 cm³/mol. The first-order valence-electron chi connectivity index (χ1n) is 14.9. The molecular weight excluding hydrogens is 606 g/mol. The van der Waals surface area contributed by atoms with Crippen LogP contribution in [-0.4, -0.2) is 20.2 Å². The Hall–Kier alpha value is -4.46. The Bertz CT molecular complexity index is 1720. The van der Waals surface area contributed by atoms with Gasteiger partial charge in [0.1, 0.15) is 13.8 Å². The largest absolute Gasteiger partial charge is 0.573 e. The number of carbonyl (C=O) groups excluding carboxylic acids is 1. The highest BCUT2D eigenvalue weighted by molar-refractivity contribution is 7.19. The normalized spacial score (nSPS) is 12.6. The maximum atomic E-state index is 13.5. The molecule has 0 saturated heterocycles. The first-order chi connectivity index (χ1) is 21.8. The second-order valence-corrected chi connectivity index (χ2v) is 16.2. The van der Waals surface area contributed by atoms with Crippen molar-refractivity contribution in [3.63, 3.8) is 0 Å². The molecule has 0 saturated carbocycles. The molecule has 0 bridgehead atoms. The third-order valence-corrected chi connectivity index (χ3v) is 14.7. The highest BCUT2D eigenvalue weighted by atomic mass is 32.1. The van der Waals surface area contributed by atoms with Crippen LogP contribution in [0.3, 0.4) is 0 Å². The molecular formula is C38H31F3O2SSi. The standard InChI is InChI=1S/C38H31F3O2SSi/c39-38(40,41)43-31-23-20-28(21-24-31)35(42)25-22-30(37-26-29-12-10-11-19-36(29)44-37)27-45(32-13-4-1-5-14-32,33-15-6-2-7-16-33)34-17-8-3-9-18-34/h1-21,23-24,26,30H,22,25,27H2. The number of alkyl halides is 3. The van der Waals surface area contributed by atoms with E-state index in [1.165, 1.54) is 54.8 Å². The van der Waals surface area contributed by atoms with Gasteiger partial charge in [0.05, 0.1) is 0 Å². The van der Waals surface area contributed by atoms with Crippen molar-refractivity contribution in [3.05, 3.63) is 156 Å². The van der Waals surface area contributed by atoms with Crippen molar-refractivity contribution in [2.24, 2.45) is 0 Å². The summed E-state index contributed by atoms with van der Waals surface area (Å²) in [6, 6.07) is 48.9. The quantitative estimate of drug-likeness (QED) is 0.0808. The maximum Gasteiger partial charge on any atom is 0.573 e. The van der Waals surface area contributed by atoms with Crippen LogP contribution in [-0.2, 0) is 0 Å². The van der Waals surface area contributed by atoms with Crippen LogP contribution in [0.5, 0.6) is 5.75 Å². The zero-order chi connectivity index (χ0) is 31.3. The van der Waals surface area contributed by atoms with Gasteiger partial charge in [-0.15, -0.1) is 24.5 Å². The van der Waals surface area contributed by atoms with Crippen molar-refractivity contribution < 1.29 is 22.7 Å². The third-order valence-electron chi connectivity index (χ3n) is 8.33. The summed E-state index contributed by atoms with van der Waals surface area (Å²) in [7, 11) is -2.63. The number of thiophene rings is 1. The van der Waals surface area contributed by atoms with Crippen LogP contribution in [0, 0.1) is 0 Å². The number of fused-ring (bicyclic) bond motifs is 1. The molecule has 7 heteroatoms. The zero-order valence-corrected chi connectivity index (χ0v) is 26.2. The van der Waals surface area contributed by atoms with Crippen LogP contribution < -0.4 is 20.3 Å². The van der Waals surface area contributed by atoms with Crippen LogP contribution in [0.25, 0.3) is 10.1 Å². The Labute approximate surface area is 265 Å². The van der Waals surface area contributed by atoms with Gasteiger partial charge in [0.25, 0.3) is 0 Å². The first-order valence-corrected chi connectivity index (χ1v) is 17.9. The number of Topliss-reactive ketones (excluding diaryl/α,β-unsaturated/α-hetero) is 1. The summed E-state index contributed by atoms with van der Waals surface area (Å²) in [5.74, 6) is -0.385. The van der Waals surface area contributed by atoms with Crippen molar-refractivity contribution in [1.29, 1.82) is 0 Å². The van der Waals surface area contributed by atoms with Gasteiger partial charge in [-0.1, -0.05) is 109 Å². The smallest absolute Gasteiger partial charge is 0.406 e. The Morgan fingerprint density at radius 1 is 0.689 bits per heavy atom.